The molecular formula is C24H21N5O2S. The number of pyridine rings is 1. The maximum Gasteiger partial charge on any atom is 0.258 e. The number of methoxy groups -OCH3 is 1. The Morgan fingerprint density at radius 1 is 1.16 bits per heavy atom. The summed E-state index contributed by atoms with van der Waals surface area (Å²) in [7, 11) is 1.65. The monoisotopic (exact) mass is 443 g/mol. The van der Waals surface area contributed by atoms with Gasteiger partial charge in [-0.25, -0.2) is 4.98 Å². The number of allylic oxidation sites excluding steroid dienone is 4. The van der Waals surface area contributed by atoms with E-state index in [0.29, 0.717) is 22.3 Å². The predicted molar refractivity (Wildman–Crippen MR) is 125 cm³/mol. The minimum atomic E-state index is -0.0950. The number of nitrogens with zero attached hydrogens (tertiary/aromatic N) is 5. The van der Waals surface area contributed by atoms with E-state index in [1.54, 1.807) is 23.8 Å². The third kappa shape index (κ3) is 3.73. The van der Waals surface area contributed by atoms with Crippen LogP contribution in [-0.4, -0.2) is 31.3 Å². The molecule has 0 fully saturated rings. The number of thioether (sulfide) groups is 1. The number of hydrogen-bond donors (Lipinski definition) is 0. The maximum absolute atomic E-state index is 12.6. The number of fused-ring (bicyclic) bond motifs is 1. The van der Waals surface area contributed by atoms with Crippen LogP contribution in [0.2, 0.25) is 0 Å². The molecule has 0 spiro atoms. The Labute approximate surface area is 189 Å². The first-order valence-corrected chi connectivity index (χ1v) is 11.2. The number of hydrogen-bond acceptors (Lipinski definition) is 6. The van der Waals surface area contributed by atoms with Crippen molar-refractivity contribution in [1.29, 1.82) is 0 Å². The molecule has 1 aliphatic carbocycles. The molecule has 1 aromatic carbocycles. The first-order chi connectivity index (χ1) is 15.6. The minimum Gasteiger partial charge on any atom is -0.495 e. The Kier molecular flexibility index (Phi) is 5.36. The van der Waals surface area contributed by atoms with Crippen LogP contribution < -0.4 is 10.3 Å². The van der Waals surface area contributed by atoms with Crippen molar-refractivity contribution in [2.24, 2.45) is 0 Å². The lowest BCUT2D eigenvalue weighted by Gasteiger charge is -2.13. The summed E-state index contributed by atoms with van der Waals surface area (Å²) >= 11 is 1.49. The smallest absolute Gasteiger partial charge is 0.258 e. The van der Waals surface area contributed by atoms with Crippen LogP contribution in [0.1, 0.15) is 23.5 Å². The van der Waals surface area contributed by atoms with Gasteiger partial charge in [-0.15, -0.1) is 10.2 Å². The predicted octanol–water partition coefficient (Wildman–Crippen LogP) is 4.23. The van der Waals surface area contributed by atoms with Crippen LogP contribution in [0.25, 0.3) is 16.9 Å². The van der Waals surface area contributed by atoms with Gasteiger partial charge in [0.15, 0.2) is 11.0 Å². The third-order valence-electron chi connectivity index (χ3n) is 5.20. The Morgan fingerprint density at radius 3 is 2.84 bits per heavy atom. The summed E-state index contributed by atoms with van der Waals surface area (Å²) in [5.74, 6) is 1.98. The molecule has 5 rings (SSSR count). The molecule has 7 nitrogen and oxygen atoms in total. The first-order valence-electron chi connectivity index (χ1n) is 10.2. The van der Waals surface area contributed by atoms with Gasteiger partial charge in [0.05, 0.1) is 18.5 Å². The summed E-state index contributed by atoms with van der Waals surface area (Å²) in [4.78, 5) is 17.2. The highest BCUT2D eigenvalue weighted by molar-refractivity contribution is 7.98. The summed E-state index contributed by atoms with van der Waals surface area (Å²) in [6.07, 6.45) is 8.95. The number of aromatic nitrogens is 5. The Morgan fingerprint density at radius 2 is 2.03 bits per heavy atom. The van der Waals surface area contributed by atoms with Gasteiger partial charge < -0.3 is 4.74 Å². The van der Waals surface area contributed by atoms with Crippen LogP contribution in [0, 0.1) is 6.92 Å². The highest BCUT2D eigenvalue weighted by atomic mass is 32.2. The minimum absolute atomic E-state index is 0.0950. The molecule has 1 aliphatic rings. The second-order valence-electron chi connectivity index (χ2n) is 7.42. The van der Waals surface area contributed by atoms with E-state index in [9.17, 15) is 4.79 Å². The van der Waals surface area contributed by atoms with Gasteiger partial charge in [0.25, 0.3) is 5.56 Å². The van der Waals surface area contributed by atoms with E-state index in [1.165, 1.54) is 11.8 Å². The number of aryl methyl sites for hydroxylation is 1. The molecule has 4 aromatic rings. The van der Waals surface area contributed by atoms with Gasteiger partial charge in [0.1, 0.15) is 11.4 Å². The van der Waals surface area contributed by atoms with Crippen molar-refractivity contribution < 1.29 is 4.74 Å². The highest BCUT2D eigenvalue weighted by Gasteiger charge is 2.20. The molecule has 0 atom stereocenters. The van der Waals surface area contributed by atoms with Crippen LogP contribution in [0.5, 0.6) is 5.75 Å². The van der Waals surface area contributed by atoms with E-state index < -0.39 is 0 Å². The van der Waals surface area contributed by atoms with Crippen molar-refractivity contribution in [2.45, 2.75) is 24.3 Å². The Balaban J connectivity index is 1.53. The maximum atomic E-state index is 12.6. The number of benzene rings is 1. The van der Waals surface area contributed by atoms with Crippen molar-refractivity contribution in [3.63, 3.8) is 0 Å². The molecule has 0 aliphatic heterocycles. The SMILES string of the molecule is COc1ccccc1-n1c(SCc2cc(=O)n3cc(C)ccc3n2)nnc1C1=CCC=C1. The van der Waals surface area contributed by atoms with Gasteiger partial charge in [0, 0.05) is 23.6 Å². The van der Waals surface area contributed by atoms with Crippen LogP contribution in [0.4, 0.5) is 0 Å². The number of para-hydroxylation sites is 2. The molecule has 0 unspecified atom stereocenters. The van der Waals surface area contributed by atoms with Gasteiger partial charge in [-0.2, -0.15) is 0 Å². The molecule has 3 aromatic heterocycles. The van der Waals surface area contributed by atoms with E-state index in [4.69, 9.17) is 4.74 Å². The van der Waals surface area contributed by atoms with Crippen LogP contribution in [0.3, 0.4) is 0 Å². The average Bonchev–Trinajstić information content (AvgIpc) is 3.48. The molecule has 0 saturated heterocycles. The molecule has 3 heterocycles. The van der Waals surface area contributed by atoms with E-state index in [2.05, 4.69) is 33.4 Å². The molecule has 160 valence electrons. The van der Waals surface area contributed by atoms with E-state index in [0.717, 1.165) is 34.8 Å². The summed E-state index contributed by atoms with van der Waals surface area (Å²) < 4.78 is 9.17. The molecule has 0 radical (unpaired) electrons. The van der Waals surface area contributed by atoms with E-state index in [-0.39, 0.29) is 5.56 Å². The van der Waals surface area contributed by atoms with Gasteiger partial charge in [0.2, 0.25) is 0 Å². The topological polar surface area (TPSA) is 74.3 Å². The van der Waals surface area contributed by atoms with Gasteiger partial charge in [-0.3, -0.25) is 13.8 Å². The normalized spacial score (nSPS) is 13.0. The first kappa shape index (κ1) is 20.3. The van der Waals surface area contributed by atoms with Crippen molar-refractivity contribution in [1.82, 2.24) is 24.1 Å². The van der Waals surface area contributed by atoms with Crippen molar-refractivity contribution >= 4 is 23.0 Å². The standard InChI is InChI=1S/C24H21N5O2S/c1-16-11-12-21-25-18(13-22(30)28(21)14-16)15-32-24-27-26-23(17-7-3-4-8-17)29(24)19-9-5-6-10-20(19)31-2/h3,5-14H,4,15H2,1-2H3. The summed E-state index contributed by atoms with van der Waals surface area (Å²) in [5.41, 5.74) is 4.12. The van der Waals surface area contributed by atoms with Crippen LogP contribution in [-0.2, 0) is 5.75 Å². The molecule has 0 N–H and O–H groups in total. The lowest BCUT2D eigenvalue weighted by Crippen LogP contribution is -2.15. The molecule has 0 saturated carbocycles. The zero-order valence-electron chi connectivity index (χ0n) is 17.7. The summed E-state index contributed by atoms with van der Waals surface area (Å²) in [5, 5.41) is 9.63. The fourth-order valence-corrected chi connectivity index (χ4v) is 4.51. The zero-order chi connectivity index (χ0) is 22.1. The lowest BCUT2D eigenvalue weighted by molar-refractivity contribution is 0.412. The Hall–Kier alpha value is -3.65. The zero-order valence-corrected chi connectivity index (χ0v) is 18.5. The van der Waals surface area contributed by atoms with Crippen molar-refractivity contribution in [3.8, 4) is 11.4 Å². The summed E-state index contributed by atoms with van der Waals surface area (Å²) in [6, 6.07) is 13.2. The van der Waals surface area contributed by atoms with Crippen LogP contribution >= 0.6 is 11.8 Å². The molecule has 0 amide bonds. The van der Waals surface area contributed by atoms with E-state index >= 15 is 0 Å². The lowest BCUT2D eigenvalue weighted by atomic mass is 10.2. The van der Waals surface area contributed by atoms with Gasteiger partial charge in [-0.05, 0) is 37.1 Å². The largest absolute Gasteiger partial charge is 0.495 e. The average molecular weight is 444 g/mol. The van der Waals surface area contributed by atoms with Crippen LogP contribution in [0.15, 0.2) is 76.8 Å². The molecule has 8 heteroatoms. The second kappa shape index (κ2) is 8.47. The third-order valence-corrected chi connectivity index (χ3v) is 6.16. The van der Waals surface area contributed by atoms with Gasteiger partial charge >= 0.3 is 0 Å². The highest BCUT2D eigenvalue weighted by Crippen LogP contribution is 2.33. The fourth-order valence-electron chi connectivity index (χ4n) is 3.68. The van der Waals surface area contributed by atoms with Gasteiger partial charge in [-0.1, -0.05) is 48.2 Å². The van der Waals surface area contributed by atoms with E-state index in [1.807, 2.05) is 47.9 Å². The molecular weight excluding hydrogens is 422 g/mol. The number of ether oxygens (including phenoxy) is 1. The molecule has 32 heavy (non-hydrogen) atoms. The Bertz CT molecular complexity index is 1430. The van der Waals surface area contributed by atoms with Crippen molar-refractivity contribution in [3.05, 3.63) is 94.3 Å². The molecule has 0 bridgehead atoms. The number of rotatable bonds is 6. The second-order valence-corrected chi connectivity index (χ2v) is 8.36. The van der Waals surface area contributed by atoms with Crippen molar-refractivity contribution in [2.75, 3.05) is 7.11 Å². The fraction of sp³-hybridized carbons (Fsp3) is 0.167. The summed E-state index contributed by atoms with van der Waals surface area (Å²) in [6.45, 7) is 1.95. The quantitative estimate of drug-likeness (QED) is 0.415.